The number of phenolic OH excluding ortho intramolecular Hbond substituents is 1. The van der Waals surface area contributed by atoms with Gasteiger partial charge < -0.3 is 21.1 Å². The minimum atomic E-state index is -0.533. The maximum atomic E-state index is 13.0. The Morgan fingerprint density at radius 3 is 2.59 bits per heavy atom. The van der Waals surface area contributed by atoms with E-state index in [2.05, 4.69) is 32.0 Å². The summed E-state index contributed by atoms with van der Waals surface area (Å²) in [6.45, 7) is 1.66. The summed E-state index contributed by atoms with van der Waals surface area (Å²) in [6, 6.07) is 22.4. The highest BCUT2D eigenvalue weighted by molar-refractivity contribution is 6.04. The smallest absolute Gasteiger partial charge is 0.275 e. The van der Waals surface area contributed by atoms with Crippen molar-refractivity contribution in [3.8, 4) is 34.2 Å². The zero-order valence-corrected chi connectivity index (χ0v) is 21.0. The van der Waals surface area contributed by atoms with Gasteiger partial charge in [0.25, 0.3) is 11.8 Å². The summed E-state index contributed by atoms with van der Waals surface area (Å²) in [5.74, 6) is -0.721. The molecule has 4 N–H and O–H groups in total. The maximum Gasteiger partial charge on any atom is 0.275 e. The van der Waals surface area contributed by atoms with E-state index < -0.39 is 5.91 Å². The van der Waals surface area contributed by atoms with E-state index in [4.69, 9.17) is 0 Å². The average molecular weight is 519 g/mol. The van der Waals surface area contributed by atoms with Gasteiger partial charge in [-0.1, -0.05) is 30.3 Å². The van der Waals surface area contributed by atoms with E-state index in [1.807, 2.05) is 0 Å². The molecule has 4 aromatic rings. The van der Waals surface area contributed by atoms with Crippen molar-refractivity contribution in [1.29, 1.82) is 5.26 Å². The fourth-order valence-electron chi connectivity index (χ4n) is 4.54. The van der Waals surface area contributed by atoms with E-state index in [0.29, 0.717) is 27.9 Å². The Bertz CT molecular complexity index is 1560. The van der Waals surface area contributed by atoms with E-state index in [0.717, 1.165) is 25.9 Å². The van der Waals surface area contributed by atoms with Crippen LogP contribution in [-0.4, -0.2) is 46.0 Å². The second-order valence-electron chi connectivity index (χ2n) is 9.17. The lowest BCUT2D eigenvalue weighted by atomic mass is 9.96. The number of aromatic hydroxyl groups is 1. The van der Waals surface area contributed by atoms with Crippen LogP contribution in [0.5, 0.6) is 5.75 Å². The van der Waals surface area contributed by atoms with Gasteiger partial charge in [0.05, 0.1) is 5.69 Å². The van der Waals surface area contributed by atoms with Crippen molar-refractivity contribution >= 4 is 17.6 Å². The Kier molecular flexibility index (Phi) is 7.57. The number of aromatic nitrogens is 2. The Labute approximate surface area is 225 Å². The lowest BCUT2D eigenvalue weighted by Crippen LogP contribution is -2.45. The highest BCUT2D eigenvalue weighted by Crippen LogP contribution is 2.35. The van der Waals surface area contributed by atoms with Crippen LogP contribution >= 0.6 is 0 Å². The number of anilines is 1. The zero-order chi connectivity index (χ0) is 27.2. The molecule has 0 spiro atoms. The molecule has 1 unspecified atom stereocenters. The zero-order valence-electron chi connectivity index (χ0n) is 21.0. The van der Waals surface area contributed by atoms with Gasteiger partial charge in [0.2, 0.25) is 0 Å². The van der Waals surface area contributed by atoms with Crippen LogP contribution in [0.15, 0.2) is 79.0 Å². The summed E-state index contributed by atoms with van der Waals surface area (Å²) < 4.78 is 0. The summed E-state index contributed by atoms with van der Waals surface area (Å²) in [4.78, 5) is 34.6. The first-order valence-corrected chi connectivity index (χ1v) is 12.6. The van der Waals surface area contributed by atoms with Crippen molar-refractivity contribution in [2.75, 3.05) is 18.4 Å². The molecule has 0 saturated carbocycles. The van der Waals surface area contributed by atoms with Crippen LogP contribution in [0.2, 0.25) is 0 Å². The van der Waals surface area contributed by atoms with Crippen LogP contribution in [0.4, 0.5) is 5.82 Å². The van der Waals surface area contributed by atoms with Gasteiger partial charge in [-0.2, -0.15) is 5.26 Å². The molecule has 1 aliphatic heterocycles. The molecule has 1 saturated heterocycles. The monoisotopic (exact) mass is 518 g/mol. The molecule has 0 bridgehead atoms. The van der Waals surface area contributed by atoms with Crippen LogP contribution in [-0.2, 0) is 0 Å². The van der Waals surface area contributed by atoms with Crippen molar-refractivity contribution in [3.05, 3.63) is 95.8 Å². The molecule has 9 nitrogen and oxygen atoms in total. The predicted octanol–water partition coefficient (Wildman–Crippen LogP) is 4.12. The second-order valence-corrected chi connectivity index (χ2v) is 9.17. The fourth-order valence-corrected chi connectivity index (χ4v) is 4.54. The largest absolute Gasteiger partial charge is 0.507 e. The number of benzene rings is 2. The number of pyridine rings is 2. The predicted molar refractivity (Wildman–Crippen MR) is 147 cm³/mol. The van der Waals surface area contributed by atoms with Crippen molar-refractivity contribution < 1.29 is 14.7 Å². The number of carbonyl (C=O) groups is 2. The Morgan fingerprint density at radius 2 is 1.85 bits per heavy atom. The maximum absolute atomic E-state index is 13.0. The molecule has 1 aliphatic rings. The van der Waals surface area contributed by atoms with E-state index in [1.165, 1.54) is 12.3 Å². The summed E-state index contributed by atoms with van der Waals surface area (Å²) in [7, 11) is 0. The lowest BCUT2D eigenvalue weighted by molar-refractivity contribution is 0.0930. The number of rotatable bonds is 6. The van der Waals surface area contributed by atoms with Crippen LogP contribution in [0.25, 0.3) is 22.4 Å². The Morgan fingerprint density at radius 1 is 1.00 bits per heavy atom. The number of nitrogens with one attached hydrogen (secondary N) is 3. The number of hydrogen-bond acceptors (Lipinski definition) is 7. The fraction of sp³-hybridized carbons (Fsp3) is 0.167. The molecular formula is C30H26N6O3. The Hall–Kier alpha value is -5.07. The van der Waals surface area contributed by atoms with E-state index >= 15 is 0 Å². The van der Waals surface area contributed by atoms with E-state index in [9.17, 15) is 20.0 Å². The third kappa shape index (κ3) is 5.76. The average Bonchev–Trinajstić information content (AvgIpc) is 2.98. The summed E-state index contributed by atoms with van der Waals surface area (Å²) in [5.41, 5.74) is 2.55. The molecular weight excluding hydrogens is 492 g/mol. The number of carbonyl (C=O) groups excluding carboxylic acids is 2. The van der Waals surface area contributed by atoms with E-state index in [1.54, 1.807) is 66.7 Å². The molecule has 0 radical (unpaired) electrons. The first kappa shape index (κ1) is 25.6. The molecule has 194 valence electrons. The van der Waals surface area contributed by atoms with E-state index in [-0.39, 0.29) is 34.8 Å². The van der Waals surface area contributed by atoms with Gasteiger partial charge in [0, 0.05) is 35.5 Å². The number of phenols is 1. The van der Waals surface area contributed by atoms with Crippen molar-refractivity contribution in [2.24, 2.45) is 0 Å². The summed E-state index contributed by atoms with van der Waals surface area (Å²) in [6.07, 6.45) is 3.40. The number of hydrogen-bond donors (Lipinski definition) is 4. The minimum absolute atomic E-state index is 0.00289. The molecule has 0 aliphatic carbocycles. The molecule has 2 amide bonds. The van der Waals surface area contributed by atoms with Crippen molar-refractivity contribution in [3.63, 3.8) is 0 Å². The first-order chi connectivity index (χ1) is 19.0. The molecule has 1 atom stereocenters. The number of nitrogens with zero attached hydrogens (tertiary/aromatic N) is 3. The number of piperidine rings is 1. The highest BCUT2D eigenvalue weighted by atomic mass is 16.3. The SMILES string of the molecule is N#Cc1c(-c2cccc(C(=O)NC3CCCNC3)c2)cc(-c2ccccc2O)nc1NC(=O)c1ccccn1. The van der Waals surface area contributed by atoms with Gasteiger partial charge in [-0.15, -0.1) is 0 Å². The van der Waals surface area contributed by atoms with Gasteiger partial charge >= 0.3 is 0 Å². The molecule has 2 aromatic heterocycles. The summed E-state index contributed by atoms with van der Waals surface area (Å²) >= 11 is 0. The lowest BCUT2D eigenvalue weighted by Gasteiger charge is -2.23. The van der Waals surface area contributed by atoms with Crippen molar-refractivity contribution in [1.82, 2.24) is 20.6 Å². The number of nitriles is 1. The Balaban J connectivity index is 1.58. The third-order valence-electron chi connectivity index (χ3n) is 6.51. The quantitative estimate of drug-likeness (QED) is 0.301. The van der Waals surface area contributed by atoms with Crippen LogP contribution in [0.3, 0.4) is 0 Å². The second kappa shape index (κ2) is 11.5. The molecule has 39 heavy (non-hydrogen) atoms. The van der Waals surface area contributed by atoms with Gasteiger partial charge in [-0.25, -0.2) is 4.98 Å². The first-order valence-electron chi connectivity index (χ1n) is 12.6. The van der Waals surface area contributed by atoms with Gasteiger partial charge in [-0.3, -0.25) is 14.6 Å². The van der Waals surface area contributed by atoms with Crippen LogP contribution in [0, 0.1) is 11.3 Å². The van der Waals surface area contributed by atoms with Crippen LogP contribution in [0.1, 0.15) is 39.3 Å². The minimum Gasteiger partial charge on any atom is -0.507 e. The molecule has 9 heteroatoms. The van der Waals surface area contributed by atoms with Crippen molar-refractivity contribution in [2.45, 2.75) is 18.9 Å². The van der Waals surface area contributed by atoms with Gasteiger partial charge in [-0.05, 0) is 67.4 Å². The number of amides is 2. The highest BCUT2D eigenvalue weighted by Gasteiger charge is 2.21. The summed E-state index contributed by atoms with van der Waals surface area (Å²) in [5, 5.41) is 29.7. The van der Waals surface area contributed by atoms with Crippen LogP contribution < -0.4 is 16.0 Å². The standard InChI is InChI=1S/C30H26N6O3/c31-17-24-23(19-7-5-8-20(15-19)29(38)34-21-9-6-13-32-18-21)16-26(22-10-1-2-12-27(22)37)35-28(24)36-30(39)25-11-3-4-14-33-25/h1-5,7-8,10-12,14-16,21,32,37H,6,9,13,18H2,(H,34,38)(H,35,36,39). The van der Waals surface area contributed by atoms with Gasteiger partial charge in [0.15, 0.2) is 5.82 Å². The number of para-hydroxylation sites is 1. The molecule has 2 aromatic carbocycles. The van der Waals surface area contributed by atoms with Gasteiger partial charge in [0.1, 0.15) is 23.1 Å². The molecule has 1 fully saturated rings. The third-order valence-corrected chi connectivity index (χ3v) is 6.51. The molecule has 5 rings (SSSR count). The normalized spacial score (nSPS) is 14.7. The topological polar surface area (TPSA) is 140 Å². The molecule has 3 heterocycles.